The van der Waals surface area contributed by atoms with Crippen LogP contribution in [0.5, 0.6) is 0 Å². The molecule has 0 spiro atoms. The van der Waals surface area contributed by atoms with Crippen LogP contribution in [0, 0.1) is 13.8 Å². The largest absolute Gasteiger partial charge is 0.354 e. The summed E-state index contributed by atoms with van der Waals surface area (Å²) in [7, 11) is -4.26. The second kappa shape index (κ2) is 16.5. The van der Waals surface area contributed by atoms with Gasteiger partial charge in [0, 0.05) is 24.5 Å². The molecule has 0 aliphatic rings. The lowest BCUT2D eigenvalue weighted by Crippen LogP contribution is -2.53. The molecular weight excluding hydrogens is 677 g/mol. The van der Waals surface area contributed by atoms with E-state index in [-0.39, 0.29) is 29.5 Å². The predicted molar refractivity (Wildman–Crippen MR) is 191 cm³/mol. The summed E-state index contributed by atoms with van der Waals surface area (Å²) in [6, 6.07) is 24.7. The lowest BCUT2D eigenvalue weighted by Gasteiger charge is -2.34. The maximum Gasteiger partial charge on any atom is 0.264 e. The van der Waals surface area contributed by atoms with E-state index in [1.165, 1.54) is 17.0 Å². The number of sulfonamides is 1. The number of carbonyl (C=O) groups excluding carboxylic acids is 2. The number of nitrogens with zero attached hydrogens (tertiary/aromatic N) is 2. The third kappa shape index (κ3) is 9.29. The number of unbranched alkanes of at least 4 members (excludes halogenated alkanes) is 1. The lowest BCUT2D eigenvalue weighted by molar-refractivity contribution is -0.140. The Kier molecular flexibility index (Phi) is 12.7. The zero-order valence-electron chi connectivity index (χ0n) is 26.5. The Balaban J connectivity index is 1.83. The third-order valence-corrected chi connectivity index (χ3v) is 10.8. The van der Waals surface area contributed by atoms with E-state index in [2.05, 4.69) is 5.32 Å². The van der Waals surface area contributed by atoms with Crippen LogP contribution in [0.1, 0.15) is 42.0 Å². The molecule has 0 aliphatic heterocycles. The Morgan fingerprint density at radius 2 is 1.51 bits per heavy atom. The van der Waals surface area contributed by atoms with E-state index in [9.17, 15) is 18.0 Å². The van der Waals surface area contributed by atoms with Crippen molar-refractivity contribution >= 4 is 62.3 Å². The van der Waals surface area contributed by atoms with Crippen molar-refractivity contribution in [1.82, 2.24) is 10.2 Å². The maximum atomic E-state index is 14.6. The number of anilines is 1. The monoisotopic (exact) mass is 713 g/mol. The smallest absolute Gasteiger partial charge is 0.264 e. The van der Waals surface area contributed by atoms with Crippen LogP contribution < -0.4 is 9.62 Å². The number of carbonyl (C=O) groups is 2. The summed E-state index contributed by atoms with van der Waals surface area (Å²) in [6.07, 6.45) is 1.84. The summed E-state index contributed by atoms with van der Waals surface area (Å²) < 4.78 is 29.6. The molecule has 1 unspecified atom stereocenters. The maximum absolute atomic E-state index is 14.6. The van der Waals surface area contributed by atoms with Gasteiger partial charge in [-0.1, -0.05) is 108 Å². The molecule has 0 radical (unpaired) electrons. The number of nitrogens with one attached hydrogen (secondary N) is 1. The standard InChI is InChI=1S/C36H38Cl3N3O4S/c1-4-5-20-40-36(44)34(22-27-10-7-6-8-11-27)41(23-28-16-19-31(38)32(39)21-28)35(43)24-42(33-13-9-12-30(37)26(33)3)47(45,46)29-17-14-25(2)15-18-29/h6-19,21,34H,4-5,20,22-24H2,1-3H3,(H,40,44). The van der Waals surface area contributed by atoms with Crippen LogP contribution in [0.2, 0.25) is 15.1 Å². The highest BCUT2D eigenvalue weighted by Crippen LogP contribution is 2.32. The number of hydrogen-bond donors (Lipinski definition) is 1. The Hall–Kier alpha value is -3.56. The van der Waals surface area contributed by atoms with Crippen LogP contribution in [-0.4, -0.2) is 44.3 Å². The summed E-state index contributed by atoms with van der Waals surface area (Å²) >= 11 is 19.0. The molecule has 4 aromatic rings. The fourth-order valence-corrected chi connectivity index (χ4v) is 7.07. The molecule has 47 heavy (non-hydrogen) atoms. The summed E-state index contributed by atoms with van der Waals surface area (Å²) in [5, 5.41) is 3.97. The highest BCUT2D eigenvalue weighted by Gasteiger charge is 2.35. The van der Waals surface area contributed by atoms with Crippen LogP contribution in [-0.2, 0) is 32.6 Å². The topological polar surface area (TPSA) is 86.8 Å². The SMILES string of the molecule is CCCCNC(=O)C(Cc1ccccc1)N(Cc1ccc(Cl)c(Cl)c1)C(=O)CN(c1cccc(Cl)c1C)S(=O)(=O)c1ccc(C)cc1. The molecule has 7 nitrogen and oxygen atoms in total. The molecule has 4 aromatic carbocycles. The zero-order valence-corrected chi connectivity index (χ0v) is 29.6. The highest BCUT2D eigenvalue weighted by molar-refractivity contribution is 7.92. The Labute approximate surface area is 292 Å². The molecule has 0 aliphatic carbocycles. The van der Waals surface area contributed by atoms with Gasteiger partial charge in [-0.05, 0) is 73.4 Å². The fourth-order valence-electron chi connectivity index (χ4n) is 5.11. The minimum Gasteiger partial charge on any atom is -0.354 e. The zero-order chi connectivity index (χ0) is 34.1. The Morgan fingerprint density at radius 3 is 2.17 bits per heavy atom. The van der Waals surface area contributed by atoms with Crippen LogP contribution in [0.15, 0.2) is 95.9 Å². The van der Waals surface area contributed by atoms with Gasteiger partial charge in [-0.2, -0.15) is 0 Å². The summed E-state index contributed by atoms with van der Waals surface area (Å²) in [4.78, 5) is 29.9. The first-order valence-electron chi connectivity index (χ1n) is 15.3. The predicted octanol–water partition coefficient (Wildman–Crippen LogP) is 8.02. The molecular formula is C36H38Cl3N3O4S. The van der Waals surface area contributed by atoms with E-state index in [4.69, 9.17) is 34.8 Å². The minimum atomic E-state index is -4.26. The molecule has 1 atom stereocenters. The molecule has 0 heterocycles. The molecule has 0 saturated carbocycles. The number of benzene rings is 4. The normalized spacial score (nSPS) is 12.0. The molecule has 4 rings (SSSR count). The van der Waals surface area contributed by atoms with Crippen molar-refractivity contribution < 1.29 is 18.0 Å². The summed E-state index contributed by atoms with van der Waals surface area (Å²) in [5.74, 6) is -0.930. The van der Waals surface area contributed by atoms with Gasteiger partial charge in [0.2, 0.25) is 11.8 Å². The first kappa shape index (κ1) is 36.3. The van der Waals surface area contributed by atoms with Gasteiger partial charge in [0.1, 0.15) is 12.6 Å². The average molecular weight is 715 g/mol. The van der Waals surface area contributed by atoms with E-state index >= 15 is 0 Å². The number of rotatable bonds is 14. The number of aryl methyl sites for hydroxylation is 1. The van der Waals surface area contributed by atoms with E-state index in [0.717, 1.165) is 28.3 Å². The van der Waals surface area contributed by atoms with E-state index in [1.807, 2.05) is 44.2 Å². The molecule has 248 valence electrons. The average Bonchev–Trinajstić information content (AvgIpc) is 3.05. The van der Waals surface area contributed by atoms with Crippen molar-refractivity contribution in [3.63, 3.8) is 0 Å². The van der Waals surface area contributed by atoms with Crippen molar-refractivity contribution in [1.29, 1.82) is 0 Å². The van der Waals surface area contributed by atoms with Gasteiger partial charge in [0.05, 0.1) is 20.6 Å². The molecule has 0 fully saturated rings. The highest BCUT2D eigenvalue weighted by atomic mass is 35.5. The van der Waals surface area contributed by atoms with E-state index in [1.54, 1.807) is 55.5 Å². The van der Waals surface area contributed by atoms with Crippen molar-refractivity contribution in [2.75, 3.05) is 17.4 Å². The van der Waals surface area contributed by atoms with Gasteiger partial charge in [-0.25, -0.2) is 8.42 Å². The number of hydrogen-bond acceptors (Lipinski definition) is 4. The molecule has 0 aromatic heterocycles. The first-order chi connectivity index (χ1) is 22.4. The first-order valence-corrected chi connectivity index (χ1v) is 17.9. The van der Waals surface area contributed by atoms with Gasteiger partial charge < -0.3 is 10.2 Å². The Morgan fingerprint density at radius 1 is 0.809 bits per heavy atom. The quantitative estimate of drug-likeness (QED) is 0.134. The molecule has 1 N–H and O–H groups in total. The fraction of sp³-hybridized carbons (Fsp3) is 0.278. The summed E-state index contributed by atoms with van der Waals surface area (Å²) in [6.45, 7) is 5.40. The van der Waals surface area contributed by atoms with E-state index < -0.39 is 28.5 Å². The van der Waals surface area contributed by atoms with Crippen molar-refractivity contribution in [2.45, 2.75) is 57.5 Å². The Bertz CT molecular complexity index is 1800. The van der Waals surface area contributed by atoms with Crippen molar-refractivity contribution in [2.24, 2.45) is 0 Å². The van der Waals surface area contributed by atoms with Gasteiger partial charge in [-0.15, -0.1) is 0 Å². The van der Waals surface area contributed by atoms with Crippen molar-refractivity contribution in [3.8, 4) is 0 Å². The molecule has 0 bridgehead atoms. The molecule has 11 heteroatoms. The van der Waals surface area contributed by atoms with Gasteiger partial charge >= 0.3 is 0 Å². The minimum absolute atomic E-state index is 0.0180. The van der Waals surface area contributed by atoms with Crippen LogP contribution >= 0.6 is 34.8 Å². The van der Waals surface area contributed by atoms with Gasteiger partial charge in [0.15, 0.2) is 0 Å². The van der Waals surface area contributed by atoms with Crippen molar-refractivity contribution in [3.05, 3.63) is 128 Å². The van der Waals surface area contributed by atoms with E-state index in [0.29, 0.717) is 32.7 Å². The van der Waals surface area contributed by atoms with Crippen LogP contribution in [0.4, 0.5) is 5.69 Å². The number of halogens is 3. The van der Waals surface area contributed by atoms with Crippen LogP contribution in [0.25, 0.3) is 0 Å². The second-order valence-corrected chi connectivity index (χ2v) is 14.4. The number of amides is 2. The van der Waals surface area contributed by atoms with Gasteiger partial charge in [-0.3, -0.25) is 13.9 Å². The summed E-state index contributed by atoms with van der Waals surface area (Å²) in [5.41, 5.74) is 3.10. The second-order valence-electron chi connectivity index (χ2n) is 11.3. The van der Waals surface area contributed by atoms with Gasteiger partial charge in [0.25, 0.3) is 10.0 Å². The molecule has 0 saturated heterocycles. The molecule has 2 amide bonds. The van der Waals surface area contributed by atoms with Crippen LogP contribution in [0.3, 0.4) is 0 Å². The third-order valence-electron chi connectivity index (χ3n) is 7.83. The lowest BCUT2D eigenvalue weighted by atomic mass is 10.0.